The smallest absolute Gasteiger partial charge is 0.337 e. The topological polar surface area (TPSA) is 87.0 Å². The number of thiazole rings is 1. The average molecular weight is 453 g/mol. The first-order chi connectivity index (χ1) is 14.5. The van der Waals surface area contributed by atoms with Crippen molar-refractivity contribution >= 4 is 34.7 Å². The predicted octanol–water partition coefficient (Wildman–Crippen LogP) is 2.47. The Kier molecular flexibility index (Phi) is 7.92. The van der Waals surface area contributed by atoms with Gasteiger partial charge in [0.25, 0.3) is 0 Å². The van der Waals surface area contributed by atoms with Crippen molar-refractivity contribution in [3.05, 3.63) is 63.0 Å². The van der Waals surface area contributed by atoms with Gasteiger partial charge in [0.05, 0.1) is 24.8 Å². The highest BCUT2D eigenvalue weighted by molar-refractivity contribution is 7.11. The lowest BCUT2D eigenvalue weighted by molar-refractivity contribution is -0.138. The number of ether oxygens (including phenoxy) is 1. The maximum absolute atomic E-state index is 12.1. The zero-order chi connectivity index (χ0) is 21.5. The van der Waals surface area contributed by atoms with Crippen molar-refractivity contribution in [3.8, 4) is 0 Å². The van der Waals surface area contributed by atoms with Crippen LogP contribution in [-0.2, 0) is 9.53 Å². The van der Waals surface area contributed by atoms with E-state index in [9.17, 15) is 14.3 Å². The summed E-state index contributed by atoms with van der Waals surface area (Å²) in [5, 5.41) is 15.7. The first-order valence-corrected chi connectivity index (χ1v) is 10.6. The fourth-order valence-corrected chi connectivity index (χ4v) is 3.65. The molecule has 2 aromatic rings. The van der Waals surface area contributed by atoms with E-state index in [1.807, 2.05) is 5.38 Å². The molecule has 4 rings (SSSR count). The second kappa shape index (κ2) is 10.6. The van der Waals surface area contributed by atoms with E-state index in [2.05, 4.69) is 20.2 Å². The maximum atomic E-state index is 12.1. The number of aliphatic hydroxyl groups excluding tert-OH is 1. The summed E-state index contributed by atoms with van der Waals surface area (Å²) in [6.45, 7) is 4.20. The number of aliphatic hydroxyl groups is 1. The Morgan fingerprint density at radius 1 is 1.47 bits per heavy atom. The Morgan fingerprint density at radius 3 is 2.83 bits per heavy atom. The number of benzene rings is 1. The number of hydrogen-bond acceptors (Lipinski definition) is 8. The van der Waals surface area contributed by atoms with Crippen LogP contribution in [0.3, 0.4) is 0 Å². The van der Waals surface area contributed by atoms with Gasteiger partial charge in [-0.25, -0.2) is 14.2 Å². The number of carbonyl (C=O) groups is 1. The molecule has 2 N–H and O–H groups in total. The van der Waals surface area contributed by atoms with Crippen LogP contribution in [0, 0.1) is 5.82 Å². The molecule has 0 amide bonds. The highest BCUT2D eigenvalue weighted by Crippen LogP contribution is 2.18. The lowest BCUT2D eigenvalue weighted by Crippen LogP contribution is -2.53. The highest BCUT2D eigenvalue weighted by Gasteiger charge is 2.29. The molecule has 2 aliphatic heterocycles. The molecule has 1 saturated heterocycles. The number of carbonyl (C=O) groups excluding carboxylic acids is 1. The molecule has 0 aliphatic carbocycles. The van der Waals surface area contributed by atoms with Crippen LogP contribution in [0.2, 0.25) is 5.02 Å². The Balaban J connectivity index is 0.000000269. The summed E-state index contributed by atoms with van der Waals surface area (Å²) >= 11 is 6.90. The van der Waals surface area contributed by atoms with Gasteiger partial charge in [-0.3, -0.25) is 9.89 Å². The number of β-amino-alcohol motifs (C(OH)–C–C–N with tert-alkyl or cyclic N) is 1. The third kappa shape index (κ3) is 6.09. The summed E-state index contributed by atoms with van der Waals surface area (Å²) in [6, 6.07) is 5.82. The molecule has 10 heteroatoms. The number of esters is 1. The van der Waals surface area contributed by atoms with Crippen LogP contribution in [0.1, 0.15) is 11.9 Å². The number of amidine groups is 1. The van der Waals surface area contributed by atoms with Crippen LogP contribution in [-0.4, -0.2) is 65.7 Å². The molecule has 3 heterocycles. The van der Waals surface area contributed by atoms with Crippen molar-refractivity contribution in [2.24, 2.45) is 4.99 Å². The number of nitrogens with zero attached hydrogens (tertiary/aromatic N) is 3. The zero-order valence-corrected chi connectivity index (χ0v) is 17.9. The quantitative estimate of drug-likeness (QED) is 0.678. The molecule has 0 spiro atoms. The van der Waals surface area contributed by atoms with Crippen LogP contribution >= 0.6 is 22.9 Å². The number of hydrogen-bond donors (Lipinski definition) is 2. The number of aromatic nitrogens is 1. The molecule has 0 radical (unpaired) electrons. The average Bonchev–Trinajstić information content (AvgIpc) is 3.22. The molecule has 1 fully saturated rings. The molecule has 0 unspecified atom stereocenters. The maximum Gasteiger partial charge on any atom is 0.337 e. The van der Waals surface area contributed by atoms with E-state index in [0.29, 0.717) is 42.7 Å². The van der Waals surface area contributed by atoms with Gasteiger partial charge in [-0.05, 0) is 25.1 Å². The van der Waals surface area contributed by atoms with E-state index in [1.165, 1.54) is 23.5 Å². The summed E-state index contributed by atoms with van der Waals surface area (Å²) in [7, 11) is 0. The number of likely N-dealkylation sites (tertiary alicyclic amines) is 1. The zero-order valence-electron chi connectivity index (χ0n) is 16.3. The molecular weight excluding hydrogens is 431 g/mol. The predicted molar refractivity (Wildman–Crippen MR) is 114 cm³/mol. The van der Waals surface area contributed by atoms with Gasteiger partial charge >= 0.3 is 5.97 Å². The van der Waals surface area contributed by atoms with Crippen molar-refractivity contribution in [1.82, 2.24) is 15.2 Å². The van der Waals surface area contributed by atoms with Crippen molar-refractivity contribution in [2.75, 3.05) is 32.8 Å². The molecule has 0 saturated carbocycles. The minimum atomic E-state index is -0.340. The standard InChI is InChI=1S/C14H18N4O3S.C6H4ClF/c1-2-21-14(20)10-5-16-12(13-15-3-4-22-13)17-11(10)8-18-6-9(19)7-18;7-5-2-1-3-6(8)4-5/h3-4,9,19H,2,5-8H2,1H3,(H,16,17);1-4H. The number of halogens is 2. The molecular formula is C20H22ClFN4O3S. The third-order valence-electron chi connectivity index (χ3n) is 4.29. The molecule has 0 atom stereocenters. The normalized spacial score (nSPS) is 16.7. The van der Waals surface area contributed by atoms with Gasteiger partial charge in [0, 0.05) is 41.9 Å². The van der Waals surface area contributed by atoms with Crippen LogP contribution < -0.4 is 5.32 Å². The van der Waals surface area contributed by atoms with E-state index in [1.54, 1.807) is 25.3 Å². The van der Waals surface area contributed by atoms with Crippen LogP contribution in [0.25, 0.3) is 0 Å². The summed E-state index contributed by atoms with van der Waals surface area (Å²) < 4.78 is 17.2. The van der Waals surface area contributed by atoms with E-state index in [4.69, 9.17) is 16.3 Å². The molecule has 0 bridgehead atoms. The van der Waals surface area contributed by atoms with Crippen LogP contribution in [0.15, 0.2) is 52.1 Å². The van der Waals surface area contributed by atoms with Crippen molar-refractivity contribution in [2.45, 2.75) is 13.0 Å². The lowest BCUT2D eigenvalue weighted by Gasteiger charge is -2.37. The Bertz CT molecular complexity index is 913. The van der Waals surface area contributed by atoms with Crippen molar-refractivity contribution < 1.29 is 19.0 Å². The van der Waals surface area contributed by atoms with E-state index in [-0.39, 0.29) is 24.4 Å². The Labute approximate surface area is 182 Å². The monoisotopic (exact) mass is 452 g/mol. The fourth-order valence-electron chi connectivity index (χ4n) is 2.87. The van der Waals surface area contributed by atoms with Crippen molar-refractivity contribution in [1.29, 1.82) is 0 Å². The number of rotatable bonds is 5. The van der Waals surface area contributed by atoms with Crippen LogP contribution in [0.4, 0.5) is 4.39 Å². The summed E-state index contributed by atoms with van der Waals surface area (Å²) in [5.74, 6) is 0.0460. The highest BCUT2D eigenvalue weighted by atomic mass is 35.5. The minimum Gasteiger partial charge on any atom is -0.463 e. The SMILES string of the molecule is CCOC(=O)C1=C(CN2CC(O)C2)NC(c2nccs2)=NC1.Fc1cccc(Cl)c1. The Morgan fingerprint density at radius 2 is 2.27 bits per heavy atom. The van der Waals surface area contributed by atoms with Gasteiger partial charge in [0.2, 0.25) is 0 Å². The molecule has 7 nitrogen and oxygen atoms in total. The summed E-state index contributed by atoms with van der Waals surface area (Å²) in [5.41, 5.74) is 1.33. The van der Waals surface area contributed by atoms with E-state index < -0.39 is 0 Å². The van der Waals surface area contributed by atoms with Gasteiger partial charge in [0.1, 0.15) is 5.82 Å². The van der Waals surface area contributed by atoms with E-state index in [0.717, 1.165) is 10.7 Å². The second-order valence-electron chi connectivity index (χ2n) is 6.59. The molecule has 2 aliphatic rings. The van der Waals surface area contributed by atoms with E-state index >= 15 is 0 Å². The first-order valence-electron chi connectivity index (χ1n) is 9.38. The molecule has 1 aromatic heterocycles. The number of nitrogens with one attached hydrogen (secondary N) is 1. The largest absolute Gasteiger partial charge is 0.463 e. The van der Waals surface area contributed by atoms with Gasteiger partial charge in [-0.1, -0.05) is 17.7 Å². The number of aliphatic imine (C=N–C) groups is 1. The Hall–Kier alpha value is -2.33. The van der Waals surface area contributed by atoms with Crippen molar-refractivity contribution in [3.63, 3.8) is 0 Å². The molecule has 160 valence electrons. The van der Waals surface area contributed by atoms with Crippen LogP contribution in [0.5, 0.6) is 0 Å². The summed E-state index contributed by atoms with van der Waals surface area (Å²) in [4.78, 5) is 22.8. The molecule has 30 heavy (non-hydrogen) atoms. The lowest BCUT2D eigenvalue weighted by atomic mass is 10.1. The van der Waals surface area contributed by atoms with Gasteiger partial charge in [-0.15, -0.1) is 11.3 Å². The second-order valence-corrected chi connectivity index (χ2v) is 7.92. The summed E-state index contributed by atoms with van der Waals surface area (Å²) in [6.07, 6.45) is 1.45. The minimum absolute atomic E-state index is 0.276. The van der Waals surface area contributed by atoms with Gasteiger partial charge in [-0.2, -0.15) is 0 Å². The third-order valence-corrected chi connectivity index (χ3v) is 5.31. The first kappa shape index (κ1) is 22.4. The fraction of sp³-hybridized carbons (Fsp3) is 0.350. The molecule has 1 aromatic carbocycles. The van der Waals surface area contributed by atoms with Gasteiger partial charge < -0.3 is 15.2 Å². The van der Waals surface area contributed by atoms with Gasteiger partial charge in [0.15, 0.2) is 10.8 Å².